The van der Waals surface area contributed by atoms with Crippen LogP contribution in [0, 0.1) is 0 Å². The number of rotatable bonds is 0. The lowest BCUT2D eigenvalue weighted by Crippen LogP contribution is -2.16. The van der Waals surface area contributed by atoms with Gasteiger partial charge in [0.25, 0.3) is 5.92 Å². The van der Waals surface area contributed by atoms with E-state index >= 15 is 0 Å². The highest BCUT2D eigenvalue weighted by Gasteiger charge is 2.42. The summed E-state index contributed by atoms with van der Waals surface area (Å²) in [5, 5.41) is 0. The molecule has 1 aliphatic heterocycles. The first-order valence-electron chi connectivity index (χ1n) is 2.50. The molecule has 1 rings (SSSR count). The van der Waals surface area contributed by atoms with E-state index in [0.29, 0.717) is 0 Å². The minimum atomic E-state index is -3.40. The molecule has 9 heavy (non-hydrogen) atoms. The first-order chi connectivity index (χ1) is 3.91. The molecular weight excluding hydrogens is 150 g/mol. The summed E-state index contributed by atoms with van der Waals surface area (Å²) in [4.78, 5) is 0. The van der Waals surface area contributed by atoms with Crippen LogP contribution in [0.5, 0.6) is 0 Å². The quantitative estimate of drug-likeness (QED) is 0.510. The Hall–Kier alpha value is -0.190. The molecule has 2 nitrogen and oxygen atoms in total. The van der Waals surface area contributed by atoms with Crippen LogP contribution in [-0.4, -0.2) is 25.8 Å². The van der Waals surface area contributed by atoms with Gasteiger partial charge in [0.05, 0.1) is 5.75 Å². The van der Waals surface area contributed by atoms with Crippen molar-refractivity contribution in [2.75, 3.05) is 11.5 Å². The smallest absolute Gasteiger partial charge is 0.229 e. The van der Waals surface area contributed by atoms with E-state index in [1.165, 1.54) is 0 Å². The molecule has 0 saturated carbocycles. The van der Waals surface area contributed by atoms with Gasteiger partial charge in [0.15, 0.2) is 9.84 Å². The number of hydrogen-bond donors (Lipinski definition) is 0. The molecule has 1 fully saturated rings. The first kappa shape index (κ1) is 6.92. The summed E-state index contributed by atoms with van der Waals surface area (Å²) in [6, 6.07) is 0. The van der Waals surface area contributed by atoms with E-state index in [4.69, 9.17) is 0 Å². The number of sulfone groups is 1. The van der Waals surface area contributed by atoms with E-state index in [1.54, 1.807) is 0 Å². The van der Waals surface area contributed by atoms with Crippen LogP contribution in [0.3, 0.4) is 0 Å². The normalized spacial score (nSPS) is 30.4. The van der Waals surface area contributed by atoms with Crippen LogP contribution in [0.4, 0.5) is 8.78 Å². The third-order valence-corrected chi connectivity index (χ3v) is 2.90. The Bertz CT molecular complexity index is 207. The average Bonchev–Trinajstić information content (AvgIpc) is 1.78. The minimum absolute atomic E-state index is 0.361. The summed E-state index contributed by atoms with van der Waals surface area (Å²) in [5.41, 5.74) is 0. The second kappa shape index (κ2) is 1.65. The van der Waals surface area contributed by atoms with Gasteiger partial charge in [0.1, 0.15) is 5.75 Å². The molecule has 0 aromatic carbocycles. The van der Waals surface area contributed by atoms with Crippen molar-refractivity contribution in [3.8, 4) is 0 Å². The van der Waals surface area contributed by atoms with Crippen molar-refractivity contribution >= 4 is 9.84 Å². The zero-order valence-electron chi connectivity index (χ0n) is 4.60. The molecule has 0 atom stereocenters. The van der Waals surface area contributed by atoms with Gasteiger partial charge in [-0.1, -0.05) is 0 Å². The molecule has 0 aromatic heterocycles. The highest BCUT2D eigenvalue weighted by molar-refractivity contribution is 7.91. The average molecular weight is 156 g/mol. The van der Waals surface area contributed by atoms with Crippen LogP contribution in [0.1, 0.15) is 6.42 Å². The van der Waals surface area contributed by atoms with Crippen molar-refractivity contribution in [2.24, 2.45) is 0 Å². The van der Waals surface area contributed by atoms with E-state index in [-0.39, 0.29) is 5.75 Å². The van der Waals surface area contributed by atoms with Crippen molar-refractivity contribution in [3.05, 3.63) is 0 Å². The van der Waals surface area contributed by atoms with Crippen molar-refractivity contribution in [1.29, 1.82) is 0 Å². The summed E-state index contributed by atoms with van der Waals surface area (Å²) in [6.07, 6.45) is -0.505. The van der Waals surface area contributed by atoms with Crippen LogP contribution in [-0.2, 0) is 9.84 Å². The molecule has 0 radical (unpaired) electrons. The lowest BCUT2D eigenvalue weighted by atomic mass is 10.3. The highest BCUT2D eigenvalue weighted by atomic mass is 32.2. The maximum absolute atomic E-state index is 12.1. The van der Waals surface area contributed by atoms with E-state index in [0.717, 1.165) is 0 Å². The maximum Gasteiger partial charge on any atom is 0.262 e. The van der Waals surface area contributed by atoms with Crippen LogP contribution >= 0.6 is 0 Å². The monoisotopic (exact) mass is 156 g/mol. The second-order valence-electron chi connectivity index (χ2n) is 2.20. The lowest BCUT2D eigenvalue weighted by Gasteiger charge is -2.01. The standard InChI is InChI=1S/C4H6F2O2S/c5-4(6)1-2-9(7,8)3-4/h1-3H2. The van der Waals surface area contributed by atoms with Crippen LogP contribution in [0.2, 0.25) is 0 Å². The Morgan fingerprint density at radius 1 is 1.33 bits per heavy atom. The molecule has 0 amide bonds. The Kier molecular flexibility index (Phi) is 1.27. The van der Waals surface area contributed by atoms with Crippen LogP contribution < -0.4 is 0 Å². The molecule has 0 unspecified atom stereocenters. The van der Waals surface area contributed by atoms with Gasteiger partial charge < -0.3 is 0 Å². The molecule has 1 saturated heterocycles. The Morgan fingerprint density at radius 3 is 2.00 bits per heavy atom. The fraction of sp³-hybridized carbons (Fsp3) is 1.00. The molecule has 0 spiro atoms. The topological polar surface area (TPSA) is 34.1 Å². The zero-order valence-corrected chi connectivity index (χ0v) is 5.42. The Morgan fingerprint density at radius 2 is 1.89 bits per heavy atom. The Labute approximate surface area is 51.8 Å². The molecule has 0 N–H and O–H groups in total. The highest BCUT2D eigenvalue weighted by Crippen LogP contribution is 2.28. The molecule has 1 aliphatic rings. The third-order valence-electron chi connectivity index (χ3n) is 1.21. The molecule has 0 aliphatic carbocycles. The number of alkyl halides is 2. The van der Waals surface area contributed by atoms with Crippen molar-refractivity contribution in [2.45, 2.75) is 12.3 Å². The van der Waals surface area contributed by atoms with Crippen molar-refractivity contribution in [3.63, 3.8) is 0 Å². The maximum atomic E-state index is 12.1. The van der Waals surface area contributed by atoms with Crippen LogP contribution in [0.25, 0.3) is 0 Å². The SMILES string of the molecule is O=S1(=O)CCC(F)(F)C1. The van der Waals surface area contributed by atoms with E-state index in [1.807, 2.05) is 0 Å². The van der Waals surface area contributed by atoms with Gasteiger partial charge in [0.2, 0.25) is 0 Å². The number of hydrogen-bond acceptors (Lipinski definition) is 2. The molecule has 54 valence electrons. The predicted octanol–water partition coefficient (Wildman–Crippen LogP) is 0.440. The zero-order chi connectivity index (χ0) is 7.12. The van der Waals surface area contributed by atoms with Gasteiger partial charge in [-0.05, 0) is 0 Å². The van der Waals surface area contributed by atoms with Gasteiger partial charge in [-0.2, -0.15) is 0 Å². The van der Waals surface area contributed by atoms with Crippen LogP contribution in [0.15, 0.2) is 0 Å². The Balaban J connectivity index is 2.81. The predicted molar refractivity (Wildman–Crippen MR) is 28.2 cm³/mol. The second-order valence-corrected chi connectivity index (χ2v) is 4.38. The molecule has 1 heterocycles. The van der Waals surface area contributed by atoms with E-state index < -0.39 is 27.9 Å². The summed E-state index contributed by atoms with van der Waals surface area (Å²) in [7, 11) is -3.40. The van der Waals surface area contributed by atoms with Gasteiger partial charge in [0, 0.05) is 6.42 Å². The van der Waals surface area contributed by atoms with Gasteiger partial charge in [-0.15, -0.1) is 0 Å². The fourth-order valence-corrected chi connectivity index (χ4v) is 2.31. The van der Waals surface area contributed by atoms with Gasteiger partial charge in [-0.25, -0.2) is 17.2 Å². The fourth-order valence-electron chi connectivity index (χ4n) is 0.771. The molecule has 0 aromatic rings. The summed E-state index contributed by atoms with van der Waals surface area (Å²) < 4.78 is 44.9. The van der Waals surface area contributed by atoms with Gasteiger partial charge >= 0.3 is 0 Å². The minimum Gasteiger partial charge on any atom is -0.229 e. The third kappa shape index (κ3) is 1.61. The molecular formula is C4H6F2O2S. The first-order valence-corrected chi connectivity index (χ1v) is 4.32. The van der Waals surface area contributed by atoms with Crippen molar-refractivity contribution in [1.82, 2.24) is 0 Å². The summed E-state index contributed by atoms with van der Waals surface area (Å²) in [5.74, 6) is -4.28. The summed E-state index contributed by atoms with van der Waals surface area (Å²) in [6.45, 7) is 0. The van der Waals surface area contributed by atoms with E-state index in [9.17, 15) is 17.2 Å². The van der Waals surface area contributed by atoms with Gasteiger partial charge in [-0.3, -0.25) is 0 Å². The largest absolute Gasteiger partial charge is 0.262 e. The summed E-state index contributed by atoms with van der Waals surface area (Å²) >= 11 is 0. The lowest BCUT2D eigenvalue weighted by molar-refractivity contribution is 0.0304. The number of halogens is 2. The molecule has 5 heteroatoms. The van der Waals surface area contributed by atoms with Crippen molar-refractivity contribution < 1.29 is 17.2 Å². The van der Waals surface area contributed by atoms with E-state index in [2.05, 4.69) is 0 Å². The molecule has 0 bridgehead atoms.